The molecule has 12 heteroatoms. The number of carbonyl (C=O) groups is 1. The fourth-order valence-electron chi connectivity index (χ4n) is 3.60. The van der Waals surface area contributed by atoms with Crippen LogP contribution in [-0.4, -0.2) is 35.6 Å². The van der Waals surface area contributed by atoms with E-state index < -0.39 is 15.9 Å². The smallest absolute Gasteiger partial charge is 0.261 e. The van der Waals surface area contributed by atoms with Gasteiger partial charge in [-0.05, 0) is 68.4 Å². The highest BCUT2D eigenvalue weighted by molar-refractivity contribution is 7.92. The van der Waals surface area contributed by atoms with Crippen LogP contribution in [0.5, 0.6) is 11.5 Å². The Kier molecular flexibility index (Phi) is 8.55. The summed E-state index contributed by atoms with van der Waals surface area (Å²) in [6, 6.07) is 17.3. The number of anilines is 1. The molecular weight excluding hydrogens is 549 g/mol. The van der Waals surface area contributed by atoms with Crippen molar-refractivity contribution in [1.82, 2.24) is 20.1 Å². The second-order valence-electron chi connectivity index (χ2n) is 8.55. The van der Waals surface area contributed by atoms with Crippen LogP contribution in [0.25, 0.3) is 0 Å². The predicted molar refractivity (Wildman–Crippen MR) is 147 cm³/mol. The van der Waals surface area contributed by atoms with Crippen molar-refractivity contribution < 1.29 is 17.9 Å². The molecule has 0 spiro atoms. The van der Waals surface area contributed by atoms with Gasteiger partial charge in [0, 0.05) is 24.0 Å². The Balaban J connectivity index is 1.46. The Morgan fingerprint density at radius 3 is 2.50 bits per heavy atom. The average molecular weight is 574 g/mol. The molecule has 0 radical (unpaired) electrons. The Bertz CT molecular complexity index is 1540. The SMILES string of the molecule is CC(C)n1cnnc1CCNC(=O)c1cc(Cl)ccc1NS(=O)(=O)c1ccc(Oc2ccccc2Cl)cc1. The highest BCUT2D eigenvalue weighted by Gasteiger charge is 2.20. The van der Waals surface area contributed by atoms with Gasteiger partial charge in [0.05, 0.1) is 21.2 Å². The lowest BCUT2D eigenvalue weighted by Crippen LogP contribution is -2.28. The number of nitrogens with one attached hydrogen (secondary N) is 2. The highest BCUT2D eigenvalue weighted by atomic mass is 35.5. The summed E-state index contributed by atoms with van der Waals surface area (Å²) in [5.41, 5.74) is 0.179. The molecule has 4 rings (SSSR count). The quantitative estimate of drug-likeness (QED) is 0.250. The van der Waals surface area contributed by atoms with E-state index in [1.807, 2.05) is 18.4 Å². The number of halogens is 2. The number of benzene rings is 3. The minimum absolute atomic E-state index is 0.0154. The zero-order chi connectivity index (χ0) is 27.3. The molecule has 4 aromatic rings. The first-order chi connectivity index (χ1) is 18.1. The third-order valence-electron chi connectivity index (χ3n) is 5.51. The second kappa shape index (κ2) is 11.8. The van der Waals surface area contributed by atoms with Gasteiger partial charge in [-0.3, -0.25) is 9.52 Å². The zero-order valence-corrected chi connectivity index (χ0v) is 22.9. The molecule has 0 saturated heterocycles. The van der Waals surface area contributed by atoms with Crippen molar-refractivity contribution in [3.05, 3.63) is 94.5 Å². The van der Waals surface area contributed by atoms with Crippen molar-refractivity contribution in [3.8, 4) is 11.5 Å². The number of nitrogens with zero attached hydrogens (tertiary/aromatic N) is 3. The summed E-state index contributed by atoms with van der Waals surface area (Å²) < 4.78 is 36.3. The number of hydrogen-bond donors (Lipinski definition) is 2. The molecule has 0 fully saturated rings. The topological polar surface area (TPSA) is 115 Å². The fourth-order valence-corrected chi connectivity index (χ4v) is 5.02. The summed E-state index contributed by atoms with van der Waals surface area (Å²) in [6.45, 7) is 4.29. The van der Waals surface area contributed by atoms with Gasteiger partial charge in [-0.2, -0.15) is 0 Å². The number of amides is 1. The van der Waals surface area contributed by atoms with E-state index in [0.717, 1.165) is 5.82 Å². The van der Waals surface area contributed by atoms with Crippen molar-refractivity contribution in [3.63, 3.8) is 0 Å². The van der Waals surface area contributed by atoms with E-state index in [-0.39, 0.29) is 28.7 Å². The predicted octanol–water partition coefficient (Wildman–Crippen LogP) is 5.73. The number of hydrogen-bond acceptors (Lipinski definition) is 6. The second-order valence-corrected chi connectivity index (χ2v) is 11.1. The van der Waals surface area contributed by atoms with E-state index >= 15 is 0 Å². The van der Waals surface area contributed by atoms with Crippen molar-refractivity contribution in [1.29, 1.82) is 0 Å². The van der Waals surface area contributed by atoms with Crippen molar-refractivity contribution in [2.75, 3.05) is 11.3 Å². The van der Waals surface area contributed by atoms with Crippen LogP contribution in [0.4, 0.5) is 5.69 Å². The largest absolute Gasteiger partial charge is 0.456 e. The van der Waals surface area contributed by atoms with Gasteiger partial charge >= 0.3 is 0 Å². The lowest BCUT2D eigenvalue weighted by atomic mass is 10.1. The van der Waals surface area contributed by atoms with Gasteiger partial charge in [0.25, 0.3) is 15.9 Å². The van der Waals surface area contributed by atoms with E-state index in [0.29, 0.717) is 28.0 Å². The molecule has 0 atom stereocenters. The first-order valence-electron chi connectivity index (χ1n) is 11.7. The number of ether oxygens (including phenoxy) is 1. The average Bonchev–Trinajstić information content (AvgIpc) is 3.36. The molecule has 9 nitrogen and oxygen atoms in total. The molecule has 1 amide bonds. The summed E-state index contributed by atoms with van der Waals surface area (Å²) in [5, 5.41) is 11.5. The summed E-state index contributed by atoms with van der Waals surface area (Å²) in [7, 11) is -4.03. The monoisotopic (exact) mass is 573 g/mol. The lowest BCUT2D eigenvalue weighted by Gasteiger charge is -2.14. The number of para-hydroxylation sites is 1. The van der Waals surface area contributed by atoms with E-state index in [2.05, 4.69) is 20.2 Å². The number of carbonyl (C=O) groups excluding carboxylic acids is 1. The van der Waals surface area contributed by atoms with Crippen LogP contribution in [0.1, 0.15) is 36.1 Å². The van der Waals surface area contributed by atoms with Gasteiger partial charge in [0.2, 0.25) is 0 Å². The molecule has 3 aromatic carbocycles. The first kappa shape index (κ1) is 27.4. The first-order valence-corrected chi connectivity index (χ1v) is 13.9. The minimum Gasteiger partial charge on any atom is -0.456 e. The molecule has 198 valence electrons. The highest BCUT2D eigenvalue weighted by Crippen LogP contribution is 2.30. The summed E-state index contributed by atoms with van der Waals surface area (Å²) in [4.78, 5) is 12.9. The van der Waals surface area contributed by atoms with Gasteiger partial charge in [0.1, 0.15) is 23.7 Å². The van der Waals surface area contributed by atoms with Gasteiger partial charge < -0.3 is 14.6 Å². The third-order valence-corrected chi connectivity index (χ3v) is 7.44. The third kappa shape index (κ3) is 6.63. The van der Waals surface area contributed by atoms with Crippen molar-refractivity contribution >= 4 is 44.8 Å². The summed E-state index contributed by atoms with van der Waals surface area (Å²) >= 11 is 12.2. The Hall–Kier alpha value is -3.60. The van der Waals surface area contributed by atoms with Gasteiger partial charge in [0.15, 0.2) is 0 Å². The van der Waals surface area contributed by atoms with Crippen LogP contribution in [0.2, 0.25) is 10.0 Å². The number of rotatable bonds is 10. The van der Waals surface area contributed by atoms with Crippen LogP contribution in [0.3, 0.4) is 0 Å². The maximum atomic E-state index is 13.1. The Morgan fingerprint density at radius 2 is 1.79 bits per heavy atom. The van der Waals surface area contributed by atoms with E-state index in [9.17, 15) is 13.2 Å². The molecule has 0 aliphatic rings. The molecule has 0 saturated carbocycles. The molecular formula is C26H25Cl2N5O4S. The van der Waals surface area contributed by atoms with Gasteiger partial charge in [-0.25, -0.2) is 8.42 Å². The van der Waals surface area contributed by atoms with Crippen LogP contribution >= 0.6 is 23.2 Å². The number of sulfonamides is 1. The maximum Gasteiger partial charge on any atom is 0.261 e. The zero-order valence-electron chi connectivity index (χ0n) is 20.6. The van der Waals surface area contributed by atoms with E-state index in [1.54, 1.807) is 30.6 Å². The van der Waals surface area contributed by atoms with E-state index in [1.165, 1.54) is 42.5 Å². The van der Waals surface area contributed by atoms with Crippen LogP contribution in [-0.2, 0) is 16.4 Å². The van der Waals surface area contributed by atoms with Gasteiger partial charge in [-0.15, -0.1) is 10.2 Å². The molecule has 0 aliphatic carbocycles. The van der Waals surface area contributed by atoms with Crippen LogP contribution < -0.4 is 14.8 Å². The molecule has 0 unspecified atom stereocenters. The molecule has 1 heterocycles. The minimum atomic E-state index is -4.03. The molecule has 38 heavy (non-hydrogen) atoms. The summed E-state index contributed by atoms with van der Waals surface area (Å²) in [5.74, 6) is 1.11. The van der Waals surface area contributed by atoms with Gasteiger partial charge in [-0.1, -0.05) is 35.3 Å². The van der Waals surface area contributed by atoms with Crippen molar-refractivity contribution in [2.45, 2.75) is 31.2 Å². The molecule has 2 N–H and O–H groups in total. The normalized spacial score (nSPS) is 11.4. The van der Waals surface area contributed by atoms with E-state index in [4.69, 9.17) is 27.9 Å². The molecule has 0 aliphatic heterocycles. The molecule has 0 bridgehead atoms. The van der Waals surface area contributed by atoms with Crippen LogP contribution in [0.15, 0.2) is 78.0 Å². The van der Waals surface area contributed by atoms with Crippen molar-refractivity contribution in [2.24, 2.45) is 0 Å². The standard InChI is InChI=1S/C26H25Cl2N5O4S/c1-17(2)33-16-30-31-25(33)13-14-29-26(34)21-15-18(27)7-12-23(21)32-38(35,36)20-10-8-19(9-11-20)37-24-6-4-3-5-22(24)28/h3-12,15-17,32H,13-14H2,1-2H3,(H,29,34). The lowest BCUT2D eigenvalue weighted by molar-refractivity contribution is 0.0954. The maximum absolute atomic E-state index is 13.1. The number of aromatic nitrogens is 3. The molecule has 1 aromatic heterocycles. The Labute approximate surface area is 230 Å². The fraction of sp³-hybridized carbons (Fsp3) is 0.192. The summed E-state index contributed by atoms with van der Waals surface area (Å²) in [6.07, 6.45) is 2.09. The Morgan fingerprint density at radius 1 is 1.05 bits per heavy atom. The van der Waals surface area contributed by atoms with Crippen LogP contribution in [0, 0.1) is 0 Å².